The molecule has 2 fully saturated rings. The predicted octanol–water partition coefficient (Wildman–Crippen LogP) is 3.59. The molecular weight excluding hydrogens is 182 g/mol. The molecule has 2 rings (SSSR count). The molecule has 1 N–H and O–H groups in total. The van der Waals surface area contributed by atoms with Crippen molar-refractivity contribution in [3.8, 4) is 0 Å². The number of rotatable bonds is 3. The zero-order valence-electron chi connectivity index (χ0n) is 10.7. The molecular formula is C14H27N. The molecule has 0 saturated heterocycles. The fourth-order valence-electron chi connectivity index (χ4n) is 3.20. The van der Waals surface area contributed by atoms with Crippen LogP contribution in [0.3, 0.4) is 0 Å². The highest BCUT2D eigenvalue weighted by Gasteiger charge is 2.33. The highest BCUT2D eigenvalue weighted by atomic mass is 14.9. The normalized spacial score (nSPS) is 39.8. The Bertz CT molecular complexity index is 207. The third-order valence-electron chi connectivity index (χ3n) is 5.06. The molecule has 2 saturated carbocycles. The van der Waals surface area contributed by atoms with Crippen LogP contribution < -0.4 is 5.32 Å². The van der Waals surface area contributed by atoms with Gasteiger partial charge in [0.15, 0.2) is 0 Å². The van der Waals surface area contributed by atoms with Crippen molar-refractivity contribution in [2.75, 3.05) is 6.54 Å². The molecule has 2 aliphatic rings. The van der Waals surface area contributed by atoms with Gasteiger partial charge in [0.1, 0.15) is 0 Å². The Morgan fingerprint density at radius 1 is 1.13 bits per heavy atom. The Morgan fingerprint density at radius 2 is 1.87 bits per heavy atom. The Hall–Kier alpha value is -0.0400. The van der Waals surface area contributed by atoms with Gasteiger partial charge in [-0.25, -0.2) is 0 Å². The molecule has 0 aliphatic heterocycles. The van der Waals surface area contributed by atoms with Crippen molar-refractivity contribution in [2.24, 2.45) is 17.3 Å². The number of hydrogen-bond acceptors (Lipinski definition) is 1. The van der Waals surface area contributed by atoms with Gasteiger partial charge in [-0.3, -0.25) is 0 Å². The van der Waals surface area contributed by atoms with E-state index in [1.807, 2.05) is 0 Å². The van der Waals surface area contributed by atoms with Crippen molar-refractivity contribution in [1.82, 2.24) is 5.32 Å². The molecule has 0 amide bonds. The number of nitrogens with one attached hydrogen (secondary N) is 1. The van der Waals surface area contributed by atoms with Gasteiger partial charge in [-0.1, -0.05) is 40.0 Å². The van der Waals surface area contributed by atoms with Gasteiger partial charge >= 0.3 is 0 Å². The van der Waals surface area contributed by atoms with E-state index in [1.165, 1.54) is 45.1 Å². The molecule has 0 bridgehead atoms. The summed E-state index contributed by atoms with van der Waals surface area (Å²) in [7, 11) is 0. The summed E-state index contributed by atoms with van der Waals surface area (Å²) in [6, 6.07) is 0.797. The molecule has 0 heterocycles. The molecule has 0 radical (unpaired) electrons. The van der Waals surface area contributed by atoms with Crippen LogP contribution in [0.4, 0.5) is 0 Å². The lowest BCUT2D eigenvalue weighted by atomic mass is 9.70. The standard InChI is InChI=1S/C14H27N/c1-11-6-4-7-13(12(11)2)15-10-14(3)8-5-9-14/h11-13,15H,4-10H2,1-3H3. The molecule has 0 aromatic rings. The van der Waals surface area contributed by atoms with Gasteiger partial charge in [0.25, 0.3) is 0 Å². The van der Waals surface area contributed by atoms with Crippen LogP contribution in [0.5, 0.6) is 0 Å². The van der Waals surface area contributed by atoms with Gasteiger partial charge in [0.2, 0.25) is 0 Å². The molecule has 2 aliphatic carbocycles. The van der Waals surface area contributed by atoms with Crippen LogP contribution in [0.1, 0.15) is 59.3 Å². The average Bonchev–Trinajstić information content (AvgIpc) is 2.17. The van der Waals surface area contributed by atoms with Crippen LogP contribution in [0, 0.1) is 17.3 Å². The first kappa shape index (κ1) is 11.4. The summed E-state index contributed by atoms with van der Waals surface area (Å²) < 4.78 is 0. The van der Waals surface area contributed by atoms with E-state index in [9.17, 15) is 0 Å². The van der Waals surface area contributed by atoms with E-state index in [4.69, 9.17) is 0 Å². The molecule has 1 nitrogen and oxygen atoms in total. The summed E-state index contributed by atoms with van der Waals surface area (Å²) in [6.07, 6.45) is 8.61. The van der Waals surface area contributed by atoms with Gasteiger partial charge < -0.3 is 5.32 Å². The molecule has 1 heteroatoms. The molecule has 0 spiro atoms. The van der Waals surface area contributed by atoms with Crippen molar-refractivity contribution in [1.29, 1.82) is 0 Å². The Morgan fingerprint density at radius 3 is 2.47 bits per heavy atom. The molecule has 15 heavy (non-hydrogen) atoms. The van der Waals surface area contributed by atoms with Gasteiger partial charge in [0, 0.05) is 12.6 Å². The van der Waals surface area contributed by atoms with Crippen molar-refractivity contribution >= 4 is 0 Å². The Balaban J connectivity index is 1.78. The Kier molecular flexibility index (Phi) is 3.39. The van der Waals surface area contributed by atoms with E-state index in [2.05, 4.69) is 26.1 Å². The maximum Gasteiger partial charge on any atom is 0.00954 e. The predicted molar refractivity (Wildman–Crippen MR) is 65.9 cm³/mol. The van der Waals surface area contributed by atoms with E-state index in [0.717, 1.165) is 17.9 Å². The third kappa shape index (κ3) is 2.55. The third-order valence-corrected chi connectivity index (χ3v) is 5.06. The van der Waals surface area contributed by atoms with Crippen LogP contribution in [0.2, 0.25) is 0 Å². The van der Waals surface area contributed by atoms with Crippen LogP contribution >= 0.6 is 0 Å². The van der Waals surface area contributed by atoms with Gasteiger partial charge in [-0.05, 0) is 36.5 Å². The second-order valence-electron chi connectivity index (χ2n) is 6.42. The minimum absolute atomic E-state index is 0.639. The summed E-state index contributed by atoms with van der Waals surface area (Å²) >= 11 is 0. The average molecular weight is 209 g/mol. The minimum Gasteiger partial charge on any atom is -0.313 e. The summed E-state index contributed by atoms with van der Waals surface area (Å²) in [5.41, 5.74) is 0.639. The molecule has 0 aromatic heterocycles. The molecule has 88 valence electrons. The summed E-state index contributed by atoms with van der Waals surface area (Å²) in [5.74, 6) is 1.80. The highest BCUT2D eigenvalue weighted by molar-refractivity contribution is 4.89. The smallest absolute Gasteiger partial charge is 0.00954 e. The van der Waals surface area contributed by atoms with Gasteiger partial charge in [-0.15, -0.1) is 0 Å². The molecule has 0 aromatic carbocycles. The maximum absolute atomic E-state index is 3.84. The van der Waals surface area contributed by atoms with Gasteiger partial charge in [0.05, 0.1) is 0 Å². The fourth-order valence-corrected chi connectivity index (χ4v) is 3.20. The lowest BCUT2D eigenvalue weighted by Gasteiger charge is -2.42. The first-order valence-electron chi connectivity index (χ1n) is 6.84. The van der Waals surface area contributed by atoms with Crippen LogP contribution in [-0.2, 0) is 0 Å². The summed E-state index contributed by atoms with van der Waals surface area (Å²) in [6.45, 7) is 8.56. The minimum atomic E-state index is 0.639. The zero-order chi connectivity index (χ0) is 10.9. The summed E-state index contributed by atoms with van der Waals surface area (Å²) in [5, 5.41) is 3.84. The van der Waals surface area contributed by atoms with Crippen LogP contribution in [0.25, 0.3) is 0 Å². The largest absolute Gasteiger partial charge is 0.313 e. The zero-order valence-corrected chi connectivity index (χ0v) is 10.7. The van der Waals surface area contributed by atoms with Crippen molar-refractivity contribution in [3.63, 3.8) is 0 Å². The lowest BCUT2D eigenvalue weighted by molar-refractivity contribution is 0.126. The van der Waals surface area contributed by atoms with Gasteiger partial charge in [-0.2, -0.15) is 0 Å². The van der Waals surface area contributed by atoms with Crippen LogP contribution in [-0.4, -0.2) is 12.6 Å². The van der Waals surface area contributed by atoms with E-state index >= 15 is 0 Å². The SMILES string of the molecule is CC1CCCC(NCC2(C)CCC2)C1C. The number of hydrogen-bond donors (Lipinski definition) is 1. The highest BCUT2D eigenvalue weighted by Crippen LogP contribution is 2.40. The fraction of sp³-hybridized carbons (Fsp3) is 1.00. The Labute approximate surface area is 95.0 Å². The lowest BCUT2D eigenvalue weighted by Crippen LogP contribution is -2.46. The van der Waals surface area contributed by atoms with Crippen molar-refractivity contribution < 1.29 is 0 Å². The maximum atomic E-state index is 3.84. The quantitative estimate of drug-likeness (QED) is 0.749. The van der Waals surface area contributed by atoms with Crippen LogP contribution in [0.15, 0.2) is 0 Å². The first-order chi connectivity index (χ1) is 7.11. The molecule has 3 atom stereocenters. The van der Waals surface area contributed by atoms with Crippen molar-refractivity contribution in [3.05, 3.63) is 0 Å². The topological polar surface area (TPSA) is 12.0 Å². The van der Waals surface area contributed by atoms with E-state index in [1.54, 1.807) is 0 Å². The van der Waals surface area contributed by atoms with Crippen molar-refractivity contribution in [2.45, 2.75) is 65.3 Å². The second kappa shape index (κ2) is 4.45. The van der Waals surface area contributed by atoms with E-state index in [0.29, 0.717) is 5.41 Å². The van der Waals surface area contributed by atoms with E-state index in [-0.39, 0.29) is 0 Å². The first-order valence-corrected chi connectivity index (χ1v) is 6.84. The second-order valence-corrected chi connectivity index (χ2v) is 6.42. The summed E-state index contributed by atoms with van der Waals surface area (Å²) in [4.78, 5) is 0. The molecule has 3 unspecified atom stereocenters. The van der Waals surface area contributed by atoms with E-state index < -0.39 is 0 Å². The monoisotopic (exact) mass is 209 g/mol.